The van der Waals surface area contributed by atoms with Crippen molar-refractivity contribution in [3.8, 4) is 0 Å². The van der Waals surface area contributed by atoms with E-state index in [0.29, 0.717) is 32.1 Å². The standard InChI is InChI=1S/C95H175O25P/c1-5-9-13-17-21-25-29-33-37-41-44-48-52-56-60-64-68-79(98)112-74-77-83(102)85(104)89(108)95(116-77)119-92-90(117-81(100)70-66-62-58-54-50-45-40-36-32-28-24-20-16-12-8-4)86(105)87(106)91(118-94-88(107)84(103)82(101)76(71-96)115-94)93(92)120-121(109,110)113-73-75(72-111-78(97)67-63-59-55-51-47-43-39-35-31-27-23-19-15-11-7-3)114-80(99)69-65-61-57-53-49-46-42-38-34-30-26-22-18-14-10-6-2/h27-28,31-32,75-77,82-96,101-108H,5-26,29-30,33-74H2,1-4H3,(H,109,110)/b31-27-,32-28-. The average molecular weight is 1750 g/mol. The molecule has 0 aromatic rings. The van der Waals surface area contributed by atoms with E-state index < -0.39 is 162 Å². The molecule has 0 radical (unpaired) electrons. The van der Waals surface area contributed by atoms with Gasteiger partial charge in [-0.2, -0.15) is 0 Å². The van der Waals surface area contributed by atoms with E-state index in [0.717, 1.165) is 161 Å². The van der Waals surface area contributed by atoms with Gasteiger partial charge in [-0.1, -0.05) is 347 Å². The Morgan fingerprint density at radius 2 is 0.620 bits per heavy atom. The summed E-state index contributed by atoms with van der Waals surface area (Å²) in [4.78, 5) is 66.6. The Morgan fingerprint density at radius 1 is 0.322 bits per heavy atom. The molecule has 3 fully saturated rings. The Morgan fingerprint density at radius 3 is 0.992 bits per heavy atom. The van der Waals surface area contributed by atoms with Gasteiger partial charge < -0.3 is 88.7 Å². The fourth-order valence-corrected chi connectivity index (χ4v) is 17.1. The number of phosphoric ester groups is 1. The van der Waals surface area contributed by atoms with Gasteiger partial charge in [0.15, 0.2) is 24.8 Å². The van der Waals surface area contributed by atoms with E-state index in [2.05, 4.69) is 52.0 Å². The van der Waals surface area contributed by atoms with Crippen LogP contribution >= 0.6 is 7.82 Å². The fourth-order valence-electron chi connectivity index (χ4n) is 16.1. The van der Waals surface area contributed by atoms with Crippen molar-refractivity contribution in [1.29, 1.82) is 0 Å². The highest BCUT2D eigenvalue weighted by Gasteiger charge is 2.60. The van der Waals surface area contributed by atoms with Gasteiger partial charge in [-0.25, -0.2) is 4.57 Å². The fraction of sp³-hybridized carbons (Fsp3) is 0.916. The Balaban J connectivity index is 1.90. The Kier molecular flexibility index (Phi) is 68.4. The molecule has 710 valence electrons. The number of esters is 4. The molecule has 0 aromatic heterocycles. The number of ether oxygens (including phenoxy) is 8. The van der Waals surface area contributed by atoms with Crippen molar-refractivity contribution in [2.75, 3.05) is 26.4 Å². The summed E-state index contributed by atoms with van der Waals surface area (Å²) in [6, 6.07) is 0. The number of carbonyl (C=O) groups excluding carboxylic acids is 4. The topological polar surface area (TPSA) is 380 Å². The second kappa shape index (κ2) is 73.8. The third-order valence-electron chi connectivity index (χ3n) is 23.9. The first-order valence-corrected chi connectivity index (χ1v) is 50.6. The molecule has 1 saturated carbocycles. The average Bonchev–Trinajstić information content (AvgIpc) is 0.754. The third-order valence-corrected chi connectivity index (χ3v) is 24.9. The third kappa shape index (κ3) is 53.5. The summed E-state index contributed by atoms with van der Waals surface area (Å²) in [5.74, 6) is -2.96. The minimum atomic E-state index is -5.81. The number of hydrogen-bond acceptors (Lipinski definition) is 24. The summed E-state index contributed by atoms with van der Waals surface area (Å²) in [6.07, 6.45) is 35.7. The summed E-state index contributed by atoms with van der Waals surface area (Å²) >= 11 is 0. The van der Waals surface area contributed by atoms with Crippen molar-refractivity contribution < 1.29 is 122 Å². The van der Waals surface area contributed by atoms with Gasteiger partial charge in [0.1, 0.15) is 92.6 Å². The van der Waals surface area contributed by atoms with Crippen molar-refractivity contribution in [3.05, 3.63) is 24.3 Å². The molecule has 18 atom stereocenters. The quantitative estimate of drug-likeness (QED) is 0.00889. The van der Waals surface area contributed by atoms with Gasteiger partial charge in [0.2, 0.25) is 0 Å². The van der Waals surface area contributed by atoms with E-state index in [1.54, 1.807) is 0 Å². The normalized spacial score (nSPS) is 24.7. The molecule has 0 bridgehead atoms. The summed E-state index contributed by atoms with van der Waals surface area (Å²) in [6.45, 7) is 5.61. The van der Waals surface area contributed by atoms with Crippen LogP contribution in [0, 0.1) is 0 Å². The number of allylic oxidation sites excluding steroid dienone is 4. The molecule has 2 saturated heterocycles. The predicted octanol–water partition coefficient (Wildman–Crippen LogP) is 18.9. The highest BCUT2D eigenvalue weighted by molar-refractivity contribution is 7.47. The molecule has 25 nitrogen and oxygen atoms in total. The van der Waals surface area contributed by atoms with Crippen LogP contribution in [0.4, 0.5) is 0 Å². The summed E-state index contributed by atoms with van der Waals surface area (Å²) in [5.41, 5.74) is 0. The number of hydrogen-bond donors (Lipinski definition) is 10. The maximum atomic E-state index is 14.9. The molecule has 0 spiro atoms. The molecule has 26 heteroatoms. The van der Waals surface area contributed by atoms with Crippen LogP contribution in [0.2, 0.25) is 0 Å². The molecule has 3 aliphatic rings. The highest BCUT2D eigenvalue weighted by atomic mass is 31.2. The molecule has 0 amide bonds. The number of unbranched alkanes of at least 4 members (excludes halogenated alkanes) is 52. The van der Waals surface area contributed by atoms with E-state index in [1.165, 1.54) is 180 Å². The Hall–Kier alpha value is -3.05. The molecule has 0 aromatic carbocycles. The Labute approximate surface area is 730 Å². The van der Waals surface area contributed by atoms with Crippen molar-refractivity contribution in [2.24, 2.45) is 0 Å². The second-order valence-corrected chi connectivity index (χ2v) is 36.3. The summed E-state index contributed by atoms with van der Waals surface area (Å²) in [5, 5.41) is 102. The van der Waals surface area contributed by atoms with Gasteiger partial charge in [0, 0.05) is 25.7 Å². The van der Waals surface area contributed by atoms with Gasteiger partial charge in [-0.3, -0.25) is 28.2 Å². The van der Waals surface area contributed by atoms with Crippen LogP contribution in [0.15, 0.2) is 24.3 Å². The van der Waals surface area contributed by atoms with Crippen molar-refractivity contribution >= 4 is 31.7 Å². The predicted molar refractivity (Wildman–Crippen MR) is 472 cm³/mol. The first kappa shape index (κ1) is 112. The second-order valence-electron chi connectivity index (χ2n) is 34.9. The number of rotatable bonds is 80. The van der Waals surface area contributed by atoms with Crippen molar-refractivity contribution in [3.63, 3.8) is 0 Å². The first-order chi connectivity index (χ1) is 58.7. The summed E-state index contributed by atoms with van der Waals surface area (Å²) in [7, 11) is -5.81. The van der Waals surface area contributed by atoms with E-state index in [-0.39, 0.29) is 25.7 Å². The maximum absolute atomic E-state index is 14.9. The van der Waals surface area contributed by atoms with Crippen LogP contribution in [0.5, 0.6) is 0 Å². The lowest BCUT2D eigenvalue weighted by atomic mass is 9.84. The van der Waals surface area contributed by atoms with E-state index >= 15 is 0 Å². The SMILES string of the molecule is CCCCCC/C=C\CCCCCCCCCC(=O)OCC(COP(=O)(O)OC1C(OC2OC(CO)C(O)C(O)C2O)C(O)C(O)C(OC(=O)CCCCCCCCC/C=C\CCCCCC)C1OC1OC(COC(=O)CCCCCCCCCCCCCCCCCC)C(O)C(O)C1O)OC(=O)CCCCCCCCCCCCCCCCCC. The zero-order chi connectivity index (χ0) is 88.2. The highest BCUT2D eigenvalue weighted by Crippen LogP contribution is 2.49. The first-order valence-electron chi connectivity index (χ1n) is 49.1. The molecule has 2 heterocycles. The van der Waals surface area contributed by atoms with Gasteiger partial charge >= 0.3 is 31.7 Å². The van der Waals surface area contributed by atoms with Gasteiger partial charge in [-0.15, -0.1) is 0 Å². The van der Waals surface area contributed by atoms with Crippen LogP contribution in [-0.4, -0.2) is 205 Å². The largest absolute Gasteiger partial charge is 0.472 e. The van der Waals surface area contributed by atoms with Gasteiger partial charge in [0.05, 0.1) is 13.2 Å². The van der Waals surface area contributed by atoms with Crippen LogP contribution in [0.1, 0.15) is 426 Å². The zero-order valence-corrected chi connectivity index (χ0v) is 76.7. The van der Waals surface area contributed by atoms with Crippen LogP contribution in [0.25, 0.3) is 0 Å². The lowest BCUT2D eigenvalue weighted by Crippen LogP contribution is -2.70. The molecule has 18 unspecified atom stereocenters. The van der Waals surface area contributed by atoms with Gasteiger partial charge in [0.25, 0.3) is 0 Å². The monoisotopic (exact) mass is 1750 g/mol. The Bertz CT molecular complexity index is 2600. The summed E-state index contributed by atoms with van der Waals surface area (Å²) < 4.78 is 73.6. The van der Waals surface area contributed by atoms with E-state index in [1.807, 2.05) is 0 Å². The van der Waals surface area contributed by atoms with Gasteiger partial charge in [-0.05, 0) is 77.0 Å². The molecule has 1 aliphatic carbocycles. The van der Waals surface area contributed by atoms with E-state index in [4.69, 9.17) is 46.9 Å². The van der Waals surface area contributed by atoms with Crippen LogP contribution < -0.4 is 0 Å². The van der Waals surface area contributed by atoms with Crippen LogP contribution in [0.3, 0.4) is 0 Å². The minimum absolute atomic E-state index is 0.0174. The number of phosphoric acid groups is 1. The molecular formula is C95H175O25P. The number of carbonyl (C=O) groups is 4. The molecular weight excluding hydrogens is 1570 g/mol. The van der Waals surface area contributed by atoms with Crippen molar-refractivity contribution in [1.82, 2.24) is 0 Å². The number of aliphatic hydroxyl groups excluding tert-OH is 9. The lowest BCUT2D eigenvalue weighted by molar-refractivity contribution is -0.360. The maximum Gasteiger partial charge on any atom is 0.472 e. The number of aliphatic hydroxyl groups is 9. The van der Waals surface area contributed by atoms with Crippen LogP contribution in [-0.2, 0) is 70.7 Å². The molecule has 3 rings (SSSR count). The van der Waals surface area contributed by atoms with Crippen molar-refractivity contribution in [2.45, 2.75) is 530 Å². The van der Waals surface area contributed by atoms with E-state index in [9.17, 15) is 74.6 Å². The molecule has 10 N–H and O–H groups in total. The lowest BCUT2D eigenvalue weighted by Gasteiger charge is -2.50. The smallest absolute Gasteiger partial charge is 0.463 e. The molecule has 2 aliphatic heterocycles. The molecule has 121 heavy (non-hydrogen) atoms. The minimum Gasteiger partial charge on any atom is -0.463 e. The zero-order valence-electron chi connectivity index (χ0n) is 75.8.